The number of piperidine rings is 1. The van der Waals surface area contributed by atoms with E-state index in [0.29, 0.717) is 0 Å². The van der Waals surface area contributed by atoms with Crippen molar-refractivity contribution < 1.29 is 23.4 Å². The third-order valence-electron chi connectivity index (χ3n) is 2.95. The first-order chi connectivity index (χ1) is 8.15. The lowest BCUT2D eigenvalue weighted by atomic mass is 9.91. The molecule has 1 N–H and O–H groups in total. The zero-order valence-electron chi connectivity index (χ0n) is 11.1. The number of aliphatic hydroxyl groups is 1. The van der Waals surface area contributed by atoms with Crippen LogP contribution in [-0.2, 0) is 4.74 Å². The summed E-state index contributed by atoms with van der Waals surface area (Å²) in [6.45, 7) is 4.64. The summed E-state index contributed by atoms with van der Waals surface area (Å²) in [5.74, 6) is -3.92. The van der Waals surface area contributed by atoms with Crippen LogP contribution in [0.5, 0.6) is 0 Å². The molecule has 18 heavy (non-hydrogen) atoms. The van der Waals surface area contributed by atoms with Gasteiger partial charge in [0.2, 0.25) is 0 Å². The molecule has 1 aliphatic rings. The molecule has 0 bridgehead atoms. The summed E-state index contributed by atoms with van der Waals surface area (Å²) in [5, 5.41) is 8.62. The van der Waals surface area contributed by atoms with Crippen LogP contribution in [-0.4, -0.2) is 47.3 Å². The minimum Gasteiger partial charge on any atom is -0.444 e. The molecule has 1 fully saturated rings. The van der Waals surface area contributed by atoms with E-state index in [4.69, 9.17) is 9.84 Å². The van der Waals surface area contributed by atoms with Crippen LogP contribution < -0.4 is 0 Å². The van der Waals surface area contributed by atoms with Crippen LogP contribution >= 0.6 is 0 Å². The Morgan fingerprint density at radius 2 is 1.83 bits per heavy atom. The van der Waals surface area contributed by atoms with E-state index < -0.39 is 30.1 Å². The second-order valence-corrected chi connectivity index (χ2v) is 5.66. The fourth-order valence-electron chi connectivity index (χ4n) is 1.94. The maximum atomic E-state index is 13.3. The molecule has 0 aliphatic carbocycles. The molecule has 0 aromatic carbocycles. The first kappa shape index (κ1) is 15.1. The maximum Gasteiger partial charge on any atom is 0.410 e. The fourth-order valence-corrected chi connectivity index (χ4v) is 1.94. The van der Waals surface area contributed by atoms with Crippen LogP contribution in [0.25, 0.3) is 0 Å². The van der Waals surface area contributed by atoms with Crippen LogP contribution in [0.15, 0.2) is 0 Å². The van der Waals surface area contributed by atoms with E-state index >= 15 is 0 Å². The summed E-state index contributed by atoms with van der Waals surface area (Å²) in [7, 11) is 0. The predicted molar refractivity (Wildman–Crippen MR) is 62.6 cm³/mol. The second kappa shape index (κ2) is 5.38. The van der Waals surface area contributed by atoms with Crippen LogP contribution in [0.1, 0.15) is 33.6 Å². The topological polar surface area (TPSA) is 49.8 Å². The SMILES string of the molecule is CC(C)(C)OC(=O)N1CCC(C(F)(F)CO)CC1. The number of alkyl halides is 2. The van der Waals surface area contributed by atoms with Gasteiger partial charge in [0.25, 0.3) is 5.92 Å². The summed E-state index contributed by atoms with van der Waals surface area (Å²) in [5.41, 5.74) is -0.580. The average Bonchev–Trinajstić information content (AvgIpc) is 2.27. The van der Waals surface area contributed by atoms with Gasteiger partial charge in [-0.05, 0) is 33.6 Å². The van der Waals surface area contributed by atoms with E-state index in [1.165, 1.54) is 4.90 Å². The highest BCUT2D eigenvalue weighted by Crippen LogP contribution is 2.33. The second-order valence-electron chi connectivity index (χ2n) is 5.66. The molecule has 0 spiro atoms. The van der Waals surface area contributed by atoms with Gasteiger partial charge in [0.15, 0.2) is 0 Å². The molecule has 1 saturated heterocycles. The normalized spacial score (nSPS) is 18.9. The summed E-state index contributed by atoms with van der Waals surface area (Å²) in [4.78, 5) is 13.1. The van der Waals surface area contributed by atoms with Gasteiger partial charge in [-0.25, -0.2) is 13.6 Å². The Bertz CT molecular complexity index is 294. The van der Waals surface area contributed by atoms with Crippen molar-refractivity contribution in [3.63, 3.8) is 0 Å². The summed E-state index contributed by atoms with van der Waals surface area (Å²) in [6, 6.07) is 0. The Morgan fingerprint density at radius 3 is 2.22 bits per heavy atom. The number of likely N-dealkylation sites (tertiary alicyclic amines) is 1. The lowest BCUT2D eigenvalue weighted by molar-refractivity contribution is -0.112. The molecule has 0 aromatic rings. The molecule has 0 unspecified atom stereocenters. The number of hydrogen-bond donors (Lipinski definition) is 1. The minimum absolute atomic E-state index is 0.187. The van der Waals surface area contributed by atoms with E-state index in [0.717, 1.165) is 0 Å². The van der Waals surface area contributed by atoms with Crippen molar-refractivity contribution in [2.24, 2.45) is 5.92 Å². The summed E-state index contributed by atoms with van der Waals surface area (Å²) < 4.78 is 31.7. The minimum atomic E-state index is -3.06. The van der Waals surface area contributed by atoms with Crippen molar-refractivity contribution in [2.45, 2.75) is 45.1 Å². The van der Waals surface area contributed by atoms with Gasteiger partial charge >= 0.3 is 6.09 Å². The number of halogens is 2. The number of amides is 1. The maximum absolute atomic E-state index is 13.3. The largest absolute Gasteiger partial charge is 0.444 e. The molecule has 1 rings (SSSR count). The number of hydrogen-bond acceptors (Lipinski definition) is 3. The van der Waals surface area contributed by atoms with Gasteiger partial charge in [0, 0.05) is 19.0 Å². The molecule has 0 atom stereocenters. The highest BCUT2D eigenvalue weighted by atomic mass is 19.3. The van der Waals surface area contributed by atoms with Crippen LogP contribution in [0, 0.1) is 5.92 Å². The van der Waals surface area contributed by atoms with Gasteiger partial charge in [-0.1, -0.05) is 0 Å². The molecule has 1 amide bonds. The molecule has 0 aromatic heterocycles. The zero-order chi connectivity index (χ0) is 14.0. The monoisotopic (exact) mass is 265 g/mol. The molecule has 4 nitrogen and oxygen atoms in total. The van der Waals surface area contributed by atoms with Crippen molar-refractivity contribution in [3.05, 3.63) is 0 Å². The van der Waals surface area contributed by atoms with E-state index in [1.807, 2.05) is 0 Å². The van der Waals surface area contributed by atoms with Crippen LogP contribution in [0.4, 0.5) is 13.6 Å². The van der Waals surface area contributed by atoms with Crippen molar-refractivity contribution in [3.8, 4) is 0 Å². The number of ether oxygens (including phenoxy) is 1. The fraction of sp³-hybridized carbons (Fsp3) is 0.917. The van der Waals surface area contributed by atoms with Crippen molar-refractivity contribution in [2.75, 3.05) is 19.7 Å². The third kappa shape index (κ3) is 4.08. The predicted octanol–water partition coefficient (Wildman–Crippen LogP) is 2.26. The molecule has 1 heterocycles. The van der Waals surface area contributed by atoms with Gasteiger partial charge in [0.1, 0.15) is 12.2 Å². The third-order valence-corrected chi connectivity index (χ3v) is 2.95. The average molecular weight is 265 g/mol. The standard InChI is InChI=1S/C12H21F2NO3/c1-11(2,3)18-10(17)15-6-4-9(5-7-15)12(13,14)8-16/h9,16H,4-8H2,1-3H3. The summed E-state index contributed by atoms with van der Waals surface area (Å²) in [6.07, 6.45) is -0.0900. The smallest absolute Gasteiger partial charge is 0.410 e. The molecular weight excluding hydrogens is 244 g/mol. The molecular formula is C12H21F2NO3. The number of aliphatic hydroxyl groups excluding tert-OH is 1. The quantitative estimate of drug-likeness (QED) is 0.833. The van der Waals surface area contributed by atoms with Gasteiger partial charge in [-0.15, -0.1) is 0 Å². The van der Waals surface area contributed by atoms with Gasteiger partial charge < -0.3 is 14.7 Å². The number of nitrogens with zero attached hydrogens (tertiary/aromatic N) is 1. The lowest BCUT2D eigenvalue weighted by Crippen LogP contribution is -2.46. The Hall–Kier alpha value is -0.910. The van der Waals surface area contributed by atoms with Gasteiger partial charge in [-0.3, -0.25) is 0 Å². The Labute approximate surface area is 106 Å². The number of rotatable bonds is 2. The van der Waals surface area contributed by atoms with E-state index in [-0.39, 0.29) is 25.9 Å². The van der Waals surface area contributed by atoms with Crippen molar-refractivity contribution in [1.29, 1.82) is 0 Å². The lowest BCUT2D eigenvalue weighted by Gasteiger charge is -2.35. The number of carbonyl (C=O) groups excluding carboxylic acids is 1. The number of carbonyl (C=O) groups is 1. The zero-order valence-corrected chi connectivity index (χ0v) is 11.1. The Kier molecular flexibility index (Phi) is 4.53. The van der Waals surface area contributed by atoms with Crippen molar-refractivity contribution in [1.82, 2.24) is 4.90 Å². The summed E-state index contributed by atoms with van der Waals surface area (Å²) >= 11 is 0. The Morgan fingerprint density at radius 1 is 1.33 bits per heavy atom. The van der Waals surface area contributed by atoms with Gasteiger partial charge in [-0.2, -0.15) is 0 Å². The highest BCUT2D eigenvalue weighted by molar-refractivity contribution is 5.68. The van der Waals surface area contributed by atoms with Crippen LogP contribution in [0.2, 0.25) is 0 Å². The molecule has 0 radical (unpaired) electrons. The van der Waals surface area contributed by atoms with E-state index in [2.05, 4.69) is 0 Å². The van der Waals surface area contributed by atoms with Gasteiger partial charge in [0.05, 0.1) is 0 Å². The molecule has 6 heteroatoms. The molecule has 1 aliphatic heterocycles. The van der Waals surface area contributed by atoms with E-state index in [1.54, 1.807) is 20.8 Å². The van der Waals surface area contributed by atoms with Crippen LogP contribution in [0.3, 0.4) is 0 Å². The molecule has 0 saturated carbocycles. The molecule has 106 valence electrons. The highest BCUT2D eigenvalue weighted by Gasteiger charge is 2.41. The van der Waals surface area contributed by atoms with Crippen molar-refractivity contribution >= 4 is 6.09 Å². The first-order valence-electron chi connectivity index (χ1n) is 6.12. The van der Waals surface area contributed by atoms with E-state index in [9.17, 15) is 13.6 Å². The Balaban J connectivity index is 2.47. The first-order valence-corrected chi connectivity index (χ1v) is 6.12.